The Balaban J connectivity index is 2.11. The van der Waals surface area contributed by atoms with Gasteiger partial charge in [0, 0.05) is 17.8 Å². The Bertz CT molecular complexity index is 652. The SMILES string of the molecule is N=C(N)c1ccccc1N1CCc2ccc(F)cc21. The van der Waals surface area contributed by atoms with Crippen molar-refractivity contribution < 1.29 is 4.39 Å². The zero-order valence-corrected chi connectivity index (χ0v) is 10.4. The zero-order chi connectivity index (χ0) is 13.4. The molecule has 19 heavy (non-hydrogen) atoms. The van der Waals surface area contributed by atoms with Crippen molar-refractivity contribution in [1.82, 2.24) is 0 Å². The van der Waals surface area contributed by atoms with Crippen LogP contribution in [-0.4, -0.2) is 12.4 Å². The lowest BCUT2D eigenvalue weighted by atomic mass is 10.1. The van der Waals surface area contributed by atoms with E-state index in [1.54, 1.807) is 6.07 Å². The third-order valence-corrected chi connectivity index (χ3v) is 3.43. The number of benzene rings is 2. The van der Waals surface area contributed by atoms with Gasteiger partial charge in [-0.3, -0.25) is 5.41 Å². The summed E-state index contributed by atoms with van der Waals surface area (Å²) in [6.45, 7) is 0.781. The fraction of sp³-hybridized carbons (Fsp3) is 0.133. The molecular formula is C15H14FN3. The highest BCUT2D eigenvalue weighted by molar-refractivity contribution is 6.01. The lowest BCUT2D eigenvalue weighted by molar-refractivity contribution is 0.628. The van der Waals surface area contributed by atoms with Gasteiger partial charge in [-0.15, -0.1) is 0 Å². The Morgan fingerprint density at radius 3 is 2.74 bits per heavy atom. The third-order valence-electron chi connectivity index (χ3n) is 3.43. The van der Waals surface area contributed by atoms with Gasteiger partial charge in [0.2, 0.25) is 0 Å². The number of nitrogens with two attached hydrogens (primary N) is 1. The maximum Gasteiger partial charge on any atom is 0.125 e. The van der Waals surface area contributed by atoms with Gasteiger partial charge in [-0.2, -0.15) is 0 Å². The molecule has 2 aromatic rings. The zero-order valence-electron chi connectivity index (χ0n) is 10.4. The predicted molar refractivity (Wildman–Crippen MR) is 74.6 cm³/mol. The first-order valence-electron chi connectivity index (χ1n) is 6.16. The molecule has 0 atom stereocenters. The molecule has 0 fully saturated rings. The normalized spacial score (nSPS) is 13.4. The highest BCUT2D eigenvalue weighted by atomic mass is 19.1. The van der Waals surface area contributed by atoms with E-state index >= 15 is 0 Å². The largest absolute Gasteiger partial charge is 0.384 e. The van der Waals surface area contributed by atoms with Crippen LogP contribution in [0, 0.1) is 11.2 Å². The molecule has 0 radical (unpaired) electrons. The molecule has 3 rings (SSSR count). The molecule has 96 valence electrons. The van der Waals surface area contributed by atoms with Gasteiger partial charge in [0.1, 0.15) is 11.7 Å². The molecule has 0 unspecified atom stereocenters. The first-order valence-corrected chi connectivity index (χ1v) is 6.16. The Labute approximate surface area is 111 Å². The fourth-order valence-electron chi connectivity index (χ4n) is 2.54. The Morgan fingerprint density at radius 1 is 1.16 bits per heavy atom. The molecule has 0 saturated carbocycles. The van der Waals surface area contributed by atoms with Gasteiger partial charge in [0.15, 0.2) is 0 Å². The molecule has 0 saturated heterocycles. The molecule has 3 nitrogen and oxygen atoms in total. The predicted octanol–water partition coefficient (Wildman–Crippen LogP) is 2.80. The molecule has 0 bridgehead atoms. The monoisotopic (exact) mass is 255 g/mol. The van der Waals surface area contributed by atoms with Crippen LogP contribution in [-0.2, 0) is 6.42 Å². The van der Waals surface area contributed by atoms with Crippen LogP contribution >= 0.6 is 0 Å². The summed E-state index contributed by atoms with van der Waals surface area (Å²) in [6, 6.07) is 12.3. The summed E-state index contributed by atoms with van der Waals surface area (Å²) in [4.78, 5) is 2.02. The Hall–Kier alpha value is -2.36. The van der Waals surface area contributed by atoms with Crippen molar-refractivity contribution in [1.29, 1.82) is 5.41 Å². The molecule has 0 aromatic heterocycles. The molecule has 1 aliphatic rings. The van der Waals surface area contributed by atoms with Gasteiger partial charge in [-0.05, 0) is 36.2 Å². The summed E-state index contributed by atoms with van der Waals surface area (Å²) >= 11 is 0. The molecule has 0 spiro atoms. The number of hydrogen-bond donors (Lipinski definition) is 2. The van der Waals surface area contributed by atoms with Crippen LogP contribution in [0.15, 0.2) is 42.5 Å². The van der Waals surface area contributed by atoms with Gasteiger partial charge < -0.3 is 10.6 Å². The van der Waals surface area contributed by atoms with E-state index in [-0.39, 0.29) is 11.7 Å². The minimum Gasteiger partial charge on any atom is -0.384 e. The Morgan fingerprint density at radius 2 is 1.95 bits per heavy atom. The average molecular weight is 255 g/mol. The number of nitrogens with one attached hydrogen (secondary N) is 1. The van der Waals surface area contributed by atoms with Crippen molar-refractivity contribution in [3.05, 3.63) is 59.4 Å². The molecule has 4 heteroatoms. The topological polar surface area (TPSA) is 53.1 Å². The molecule has 1 aliphatic heterocycles. The van der Waals surface area contributed by atoms with Crippen molar-refractivity contribution >= 4 is 17.2 Å². The number of para-hydroxylation sites is 1. The quantitative estimate of drug-likeness (QED) is 0.640. The summed E-state index contributed by atoms with van der Waals surface area (Å²) in [7, 11) is 0. The Kier molecular flexibility index (Phi) is 2.71. The van der Waals surface area contributed by atoms with Crippen molar-refractivity contribution in [2.45, 2.75) is 6.42 Å². The minimum absolute atomic E-state index is 0.0282. The van der Waals surface area contributed by atoms with Gasteiger partial charge in [0.05, 0.1) is 5.69 Å². The lowest BCUT2D eigenvalue weighted by Gasteiger charge is -2.22. The summed E-state index contributed by atoms with van der Waals surface area (Å²) in [5.74, 6) is -0.216. The van der Waals surface area contributed by atoms with Gasteiger partial charge in [-0.25, -0.2) is 4.39 Å². The van der Waals surface area contributed by atoms with E-state index in [0.717, 1.165) is 29.9 Å². The van der Waals surface area contributed by atoms with E-state index in [1.807, 2.05) is 35.2 Å². The maximum atomic E-state index is 13.4. The van der Waals surface area contributed by atoms with Crippen LogP contribution in [0.5, 0.6) is 0 Å². The molecule has 3 N–H and O–H groups in total. The van der Waals surface area contributed by atoms with Crippen LogP contribution in [0.25, 0.3) is 0 Å². The smallest absolute Gasteiger partial charge is 0.125 e. The van der Waals surface area contributed by atoms with E-state index in [9.17, 15) is 4.39 Å². The minimum atomic E-state index is -0.244. The van der Waals surface area contributed by atoms with Crippen LogP contribution in [0.2, 0.25) is 0 Å². The van der Waals surface area contributed by atoms with Crippen LogP contribution in [0.3, 0.4) is 0 Å². The molecule has 0 aliphatic carbocycles. The average Bonchev–Trinajstić information content (AvgIpc) is 2.81. The van der Waals surface area contributed by atoms with Crippen LogP contribution < -0.4 is 10.6 Å². The summed E-state index contributed by atoms with van der Waals surface area (Å²) in [6.07, 6.45) is 0.877. The number of hydrogen-bond acceptors (Lipinski definition) is 2. The molecule has 2 aromatic carbocycles. The van der Waals surface area contributed by atoms with E-state index < -0.39 is 0 Å². The summed E-state index contributed by atoms with van der Waals surface area (Å²) < 4.78 is 13.4. The van der Waals surface area contributed by atoms with Crippen molar-refractivity contribution in [3.63, 3.8) is 0 Å². The second-order valence-corrected chi connectivity index (χ2v) is 4.61. The number of nitrogen functional groups attached to an aromatic ring is 1. The van der Waals surface area contributed by atoms with Crippen molar-refractivity contribution in [2.24, 2.45) is 5.73 Å². The fourth-order valence-corrected chi connectivity index (χ4v) is 2.54. The first-order chi connectivity index (χ1) is 9.16. The van der Waals surface area contributed by atoms with Gasteiger partial charge in [-0.1, -0.05) is 18.2 Å². The van der Waals surface area contributed by atoms with Gasteiger partial charge in [0.25, 0.3) is 0 Å². The van der Waals surface area contributed by atoms with E-state index in [1.165, 1.54) is 6.07 Å². The summed E-state index contributed by atoms with van der Waals surface area (Å²) in [5.41, 5.74) is 9.15. The number of anilines is 2. The van der Waals surface area contributed by atoms with Crippen LogP contribution in [0.1, 0.15) is 11.1 Å². The number of fused-ring (bicyclic) bond motifs is 1. The van der Waals surface area contributed by atoms with E-state index in [4.69, 9.17) is 11.1 Å². The second-order valence-electron chi connectivity index (χ2n) is 4.61. The summed E-state index contributed by atoms with van der Waals surface area (Å²) in [5, 5.41) is 7.64. The molecule has 0 amide bonds. The van der Waals surface area contributed by atoms with Gasteiger partial charge >= 0.3 is 0 Å². The molecule has 1 heterocycles. The first kappa shape index (κ1) is 11.7. The number of halogens is 1. The third kappa shape index (κ3) is 1.95. The van der Waals surface area contributed by atoms with E-state index in [0.29, 0.717) is 5.56 Å². The number of nitrogens with zero attached hydrogens (tertiary/aromatic N) is 1. The number of rotatable bonds is 2. The lowest BCUT2D eigenvalue weighted by Crippen LogP contribution is -2.20. The maximum absolute atomic E-state index is 13.4. The van der Waals surface area contributed by atoms with Crippen LogP contribution in [0.4, 0.5) is 15.8 Å². The van der Waals surface area contributed by atoms with Crippen molar-refractivity contribution in [2.75, 3.05) is 11.4 Å². The molecular weight excluding hydrogens is 241 g/mol. The second kappa shape index (κ2) is 4.39. The van der Waals surface area contributed by atoms with Crippen molar-refractivity contribution in [3.8, 4) is 0 Å². The highest BCUT2D eigenvalue weighted by Gasteiger charge is 2.23. The van der Waals surface area contributed by atoms with E-state index in [2.05, 4.69) is 0 Å². The number of amidine groups is 1. The standard InChI is InChI=1S/C15H14FN3/c16-11-6-5-10-7-8-19(14(10)9-11)13-4-2-1-3-12(13)15(17)18/h1-6,9H,7-8H2,(H3,17,18). The highest BCUT2D eigenvalue weighted by Crippen LogP contribution is 2.36.